The highest BCUT2D eigenvalue weighted by atomic mass is 15.2. The third-order valence-electron chi connectivity index (χ3n) is 18.5. The molecule has 0 aromatic heterocycles. The molecule has 2 heterocycles. The van der Waals surface area contributed by atoms with Crippen molar-refractivity contribution >= 4 is 57.2 Å². The highest BCUT2D eigenvalue weighted by Gasteiger charge is 2.50. The normalized spacial score (nSPS) is 13.9. The van der Waals surface area contributed by atoms with Gasteiger partial charge in [0.2, 0.25) is 0 Å². The first kappa shape index (κ1) is 53.1. The minimum Gasteiger partial charge on any atom is -0.310 e. The van der Waals surface area contributed by atoms with E-state index >= 15 is 0 Å². The highest BCUT2D eigenvalue weighted by Crippen LogP contribution is 2.57. The van der Waals surface area contributed by atoms with Crippen molar-refractivity contribution in [3.63, 3.8) is 0 Å². The van der Waals surface area contributed by atoms with E-state index < -0.39 is 0 Å². The second-order valence-corrected chi connectivity index (χ2v) is 27.3. The van der Waals surface area contributed by atoms with Gasteiger partial charge in [-0.05, 0) is 153 Å². The monoisotopic (exact) mass is 1080 g/mol. The molecule has 3 heteroatoms. The average Bonchev–Trinajstić information content (AvgIpc) is 1.11. The topological polar surface area (TPSA) is 6.48 Å². The number of hydrogen-bond donors (Lipinski definition) is 0. The van der Waals surface area contributed by atoms with E-state index in [1.54, 1.807) is 0 Å². The summed E-state index contributed by atoms with van der Waals surface area (Å²) in [6.07, 6.45) is 0. The third-order valence-corrected chi connectivity index (χ3v) is 18.5. The van der Waals surface area contributed by atoms with Crippen LogP contribution in [0.4, 0.5) is 34.1 Å². The van der Waals surface area contributed by atoms with Crippen LogP contribution in [0.3, 0.4) is 0 Å². The summed E-state index contributed by atoms with van der Waals surface area (Å²) in [5, 5.41) is 0. The summed E-state index contributed by atoms with van der Waals surface area (Å²) >= 11 is 0. The quantitative estimate of drug-likeness (QED) is 0.147. The van der Waals surface area contributed by atoms with Crippen molar-refractivity contribution in [2.24, 2.45) is 0 Å². The Bertz CT molecular complexity index is 4250. The SMILES string of the molecule is CC(C)(C)c1cc(-c2ccccc2)c(N2c3cc(C(C)(C)C)ccc3B3c4c2cc(-c2ccccc2)cc4N(c2c(-c4ccccc4)cc(C(C)(C)C)cc2-c2ccccc2)c2ccc4c(c23)-c2ccccc2C4(C)C)c(-c2ccccc2)c1. The summed E-state index contributed by atoms with van der Waals surface area (Å²) in [5.74, 6) is 0. The van der Waals surface area contributed by atoms with Crippen LogP contribution in [0, 0.1) is 0 Å². The molecule has 0 atom stereocenters. The van der Waals surface area contributed by atoms with Crippen LogP contribution in [0.5, 0.6) is 0 Å². The fourth-order valence-corrected chi connectivity index (χ4v) is 14.0. The molecular weight excluding hydrogens is 1010 g/mol. The molecule has 14 rings (SSSR count). The zero-order valence-electron chi connectivity index (χ0n) is 50.6. The number of benzene rings is 11. The minimum absolute atomic E-state index is 0.146. The van der Waals surface area contributed by atoms with E-state index in [1.807, 2.05) is 0 Å². The van der Waals surface area contributed by atoms with Gasteiger partial charge < -0.3 is 9.80 Å². The fraction of sp³-hybridized carbons (Fsp3) is 0.185. The predicted molar refractivity (Wildman–Crippen MR) is 361 cm³/mol. The molecule has 0 bridgehead atoms. The van der Waals surface area contributed by atoms with Crippen molar-refractivity contribution in [1.29, 1.82) is 0 Å². The zero-order chi connectivity index (χ0) is 58.0. The molecule has 3 aliphatic rings. The Labute approximate surface area is 499 Å². The maximum atomic E-state index is 2.73. The molecule has 0 saturated carbocycles. The molecule has 0 radical (unpaired) electrons. The van der Waals surface area contributed by atoms with Crippen LogP contribution in [0.1, 0.15) is 104 Å². The number of fused-ring (bicyclic) bond motifs is 8. The molecular formula is C81H73BN2. The molecule has 2 nitrogen and oxygen atoms in total. The van der Waals surface area contributed by atoms with Gasteiger partial charge in [-0.3, -0.25) is 0 Å². The lowest BCUT2D eigenvalue weighted by Crippen LogP contribution is -2.62. The molecule has 11 aromatic carbocycles. The number of nitrogens with zero attached hydrogens (tertiary/aromatic N) is 2. The van der Waals surface area contributed by atoms with Crippen molar-refractivity contribution in [3.8, 4) is 66.8 Å². The van der Waals surface area contributed by atoms with Gasteiger partial charge in [0.1, 0.15) is 0 Å². The summed E-state index contributed by atoms with van der Waals surface area (Å²) < 4.78 is 0. The van der Waals surface area contributed by atoms with Gasteiger partial charge in [0.05, 0.1) is 11.4 Å². The van der Waals surface area contributed by atoms with Gasteiger partial charge in [0.15, 0.2) is 0 Å². The van der Waals surface area contributed by atoms with E-state index in [1.165, 1.54) is 140 Å². The molecule has 410 valence electrons. The van der Waals surface area contributed by atoms with Gasteiger partial charge in [0.25, 0.3) is 6.71 Å². The van der Waals surface area contributed by atoms with Gasteiger partial charge in [0, 0.05) is 50.4 Å². The van der Waals surface area contributed by atoms with Crippen molar-refractivity contribution in [2.45, 2.75) is 97.8 Å². The molecule has 0 fully saturated rings. The minimum atomic E-state index is -0.242. The first-order valence-electron chi connectivity index (χ1n) is 30.2. The average molecular weight is 1090 g/mol. The lowest BCUT2D eigenvalue weighted by molar-refractivity contribution is 0.590. The van der Waals surface area contributed by atoms with Crippen LogP contribution < -0.4 is 26.2 Å². The molecule has 0 saturated heterocycles. The van der Waals surface area contributed by atoms with Crippen LogP contribution in [0.15, 0.2) is 243 Å². The zero-order valence-corrected chi connectivity index (χ0v) is 50.6. The lowest BCUT2D eigenvalue weighted by atomic mass is 9.32. The summed E-state index contributed by atoms with van der Waals surface area (Å²) in [7, 11) is 0. The molecule has 0 amide bonds. The fourth-order valence-electron chi connectivity index (χ4n) is 14.0. The molecule has 2 aliphatic heterocycles. The first-order chi connectivity index (χ1) is 40.4. The maximum Gasteiger partial charge on any atom is 0.252 e. The van der Waals surface area contributed by atoms with Crippen LogP contribution in [0.2, 0.25) is 0 Å². The first-order valence-corrected chi connectivity index (χ1v) is 30.2. The van der Waals surface area contributed by atoms with Gasteiger partial charge in [-0.1, -0.05) is 270 Å². The lowest BCUT2D eigenvalue weighted by Gasteiger charge is -2.47. The molecule has 0 unspecified atom stereocenters. The highest BCUT2D eigenvalue weighted by molar-refractivity contribution is 7.01. The van der Waals surface area contributed by atoms with Crippen molar-refractivity contribution in [1.82, 2.24) is 0 Å². The van der Waals surface area contributed by atoms with Crippen LogP contribution in [-0.4, -0.2) is 6.71 Å². The van der Waals surface area contributed by atoms with Gasteiger partial charge >= 0.3 is 0 Å². The smallest absolute Gasteiger partial charge is 0.252 e. The summed E-state index contributed by atoms with van der Waals surface area (Å²) in [6.45, 7) is 25.9. The van der Waals surface area contributed by atoms with Crippen molar-refractivity contribution < 1.29 is 0 Å². The summed E-state index contributed by atoms with van der Waals surface area (Å²) in [5.41, 5.74) is 31.5. The Morgan fingerprint density at radius 3 is 1.12 bits per heavy atom. The van der Waals surface area contributed by atoms with E-state index in [2.05, 4.69) is 329 Å². The van der Waals surface area contributed by atoms with E-state index in [0.29, 0.717) is 0 Å². The van der Waals surface area contributed by atoms with Crippen molar-refractivity contribution in [3.05, 3.63) is 270 Å². The summed E-state index contributed by atoms with van der Waals surface area (Å²) in [4.78, 5) is 5.46. The van der Waals surface area contributed by atoms with Crippen molar-refractivity contribution in [2.75, 3.05) is 9.80 Å². The Balaban J connectivity index is 1.23. The Kier molecular flexibility index (Phi) is 12.4. The molecule has 84 heavy (non-hydrogen) atoms. The van der Waals surface area contributed by atoms with E-state index in [4.69, 9.17) is 0 Å². The molecule has 0 N–H and O–H groups in total. The van der Waals surface area contributed by atoms with Gasteiger partial charge in [-0.2, -0.15) is 0 Å². The molecule has 0 spiro atoms. The largest absolute Gasteiger partial charge is 0.310 e. The van der Waals surface area contributed by atoms with E-state index in [0.717, 1.165) is 5.56 Å². The standard InChI is InChI=1S/C81H73BN2/c1-78(2,3)58-41-43-68-70(51-58)84(77-64(55-35-23-15-24-36-55)49-60(80(7,8)9)50-65(77)56-37-25-16-26-38-56)72-46-57(52-29-17-12-18-30-52)45-71-74(72)82(68)75-69(44-42-67-73(75)61-39-27-28-40-66(61)81(67,10)11)83(71)76-62(53-31-19-13-20-32-53)47-59(79(4,5)6)48-63(76)54-33-21-14-22-34-54/h12-51H,1-11H3. The Morgan fingerprint density at radius 2 is 0.690 bits per heavy atom. The summed E-state index contributed by atoms with van der Waals surface area (Å²) in [6, 6.07) is 92.8. The number of rotatable bonds is 7. The van der Waals surface area contributed by atoms with Gasteiger partial charge in [-0.15, -0.1) is 0 Å². The number of anilines is 6. The van der Waals surface area contributed by atoms with Crippen LogP contribution in [-0.2, 0) is 21.7 Å². The Morgan fingerprint density at radius 1 is 0.298 bits per heavy atom. The maximum absolute atomic E-state index is 2.73. The van der Waals surface area contributed by atoms with Gasteiger partial charge in [-0.25, -0.2) is 0 Å². The number of hydrogen-bond acceptors (Lipinski definition) is 2. The Hall–Kier alpha value is -8.92. The van der Waals surface area contributed by atoms with Crippen LogP contribution in [0.25, 0.3) is 66.8 Å². The predicted octanol–water partition coefficient (Wildman–Crippen LogP) is 20.3. The third kappa shape index (κ3) is 8.60. The van der Waals surface area contributed by atoms with Crippen LogP contribution >= 0.6 is 0 Å². The second kappa shape index (κ2) is 19.6. The second-order valence-electron chi connectivity index (χ2n) is 27.3. The molecule has 1 aliphatic carbocycles. The molecule has 11 aromatic rings. The van der Waals surface area contributed by atoms with E-state index in [9.17, 15) is 0 Å². The van der Waals surface area contributed by atoms with E-state index in [-0.39, 0.29) is 28.4 Å².